The summed E-state index contributed by atoms with van der Waals surface area (Å²) < 4.78 is 34.5. The Morgan fingerprint density at radius 3 is 2.42 bits per heavy atom. The SMILES string of the molecule is CCOC(=O)N1CCc2c(sc(NC(=O)c3ccc(S(=O)(=O)N(CC)Cc4ccccc4)cc3)c2-c2nc3ccccc3s2)C1. The molecule has 1 aliphatic heterocycles. The molecule has 0 aliphatic carbocycles. The standard InChI is InChI=1S/C33H32N4O5S3/c1-3-37(20-22-10-6-5-7-11-22)45(40,41)24-16-14-23(15-17-24)30(38)35-32-29(31-34-26-12-8-9-13-27(26)43-31)25-18-19-36(21-28(25)44-32)33(39)42-4-2/h5-17H,3-4,18-21H2,1-2H3,(H,35,38). The molecule has 0 unspecified atom stereocenters. The van der Waals surface area contributed by atoms with Gasteiger partial charge in [-0.25, -0.2) is 18.2 Å². The summed E-state index contributed by atoms with van der Waals surface area (Å²) >= 11 is 2.98. The number of carbonyl (C=O) groups is 2. The molecular weight excluding hydrogens is 629 g/mol. The fourth-order valence-corrected chi connectivity index (χ4v) is 9.13. The molecule has 0 saturated heterocycles. The van der Waals surface area contributed by atoms with E-state index < -0.39 is 10.0 Å². The molecule has 2 aromatic heterocycles. The predicted molar refractivity (Wildman–Crippen MR) is 178 cm³/mol. The Labute approximate surface area is 270 Å². The van der Waals surface area contributed by atoms with Crippen LogP contribution < -0.4 is 5.32 Å². The van der Waals surface area contributed by atoms with Crippen LogP contribution in [0.25, 0.3) is 20.8 Å². The Balaban J connectivity index is 1.27. The summed E-state index contributed by atoms with van der Waals surface area (Å²) in [5, 5.41) is 4.52. The third-order valence-electron chi connectivity index (χ3n) is 7.63. The van der Waals surface area contributed by atoms with Crippen LogP contribution in [0.5, 0.6) is 0 Å². The van der Waals surface area contributed by atoms with Gasteiger partial charge in [-0.2, -0.15) is 4.31 Å². The van der Waals surface area contributed by atoms with E-state index in [9.17, 15) is 18.0 Å². The second-order valence-electron chi connectivity index (χ2n) is 10.5. The van der Waals surface area contributed by atoms with Crippen molar-refractivity contribution >= 4 is 59.9 Å². The van der Waals surface area contributed by atoms with E-state index in [1.807, 2.05) is 54.6 Å². The summed E-state index contributed by atoms with van der Waals surface area (Å²) in [5.41, 5.74) is 4.03. The first-order chi connectivity index (χ1) is 21.8. The minimum atomic E-state index is -3.77. The Kier molecular flexibility index (Phi) is 8.99. The molecule has 12 heteroatoms. The lowest BCUT2D eigenvalue weighted by atomic mass is 10.0. The summed E-state index contributed by atoms with van der Waals surface area (Å²) in [5.74, 6) is -0.362. The van der Waals surface area contributed by atoms with Crippen molar-refractivity contribution in [2.75, 3.05) is 25.0 Å². The second kappa shape index (κ2) is 13.1. The number of para-hydroxylation sites is 1. The highest BCUT2D eigenvalue weighted by atomic mass is 32.2. The molecule has 0 fully saturated rings. The van der Waals surface area contributed by atoms with Crippen molar-refractivity contribution < 1.29 is 22.7 Å². The second-order valence-corrected chi connectivity index (χ2v) is 14.5. The highest BCUT2D eigenvalue weighted by Crippen LogP contribution is 2.46. The molecule has 1 N–H and O–H groups in total. The number of thiazole rings is 1. The molecule has 0 spiro atoms. The number of nitrogens with one attached hydrogen (secondary N) is 1. The third-order valence-corrected chi connectivity index (χ3v) is 11.7. The number of hydrogen-bond acceptors (Lipinski definition) is 8. The molecule has 5 aromatic rings. The topological polar surface area (TPSA) is 109 Å². The maximum atomic E-state index is 13.6. The molecule has 1 aliphatic rings. The minimum Gasteiger partial charge on any atom is -0.450 e. The van der Waals surface area contributed by atoms with Crippen molar-refractivity contribution in [3.63, 3.8) is 0 Å². The summed E-state index contributed by atoms with van der Waals surface area (Å²) in [4.78, 5) is 33.7. The van der Waals surface area contributed by atoms with Crippen molar-refractivity contribution in [1.29, 1.82) is 0 Å². The summed E-state index contributed by atoms with van der Waals surface area (Å²) in [7, 11) is -3.77. The van der Waals surface area contributed by atoms with Crippen LogP contribution in [0, 0.1) is 0 Å². The molecule has 9 nitrogen and oxygen atoms in total. The zero-order valence-corrected chi connectivity index (χ0v) is 27.3. The fraction of sp³-hybridized carbons (Fsp3) is 0.242. The van der Waals surface area contributed by atoms with Crippen molar-refractivity contribution in [2.24, 2.45) is 0 Å². The first-order valence-electron chi connectivity index (χ1n) is 14.7. The van der Waals surface area contributed by atoms with Gasteiger partial charge in [0.15, 0.2) is 0 Å². The molecule has 0 saturated carbocycles. The van der Waals surface area contributed by atoms with Crippen LogP contribution in [0.4, 0.5) is 9.80 Å². The molecule has 232 valence electrons. The number of carbonyl (C=O) groups excluding carboxylic acids is 2. The molecule has 45 heavy (non-hydrogen) atoms. The number of amides is 2. The highest BCUT2D eigenvalue weighted by molar-refractivity contribution is 7.89. The van der Waals surface area contributed by atoms with E-state index in [2.05, 4.69) is 5.32 Å². The average Bonchev–Trinajstić information content (AvgIpc) is 3.64. The smallest absolute Gasteiger partial charge is 0.410 e. The first kappa shape index (κ1) is 30.9. The molecule has 0 radical (unpaired) electrons. The number of thiophene rings is 1. The van der Waals surface area contributed by atoms with Crippen LogP contribution in [-0.4, -0.2) is 54.3 Å². The fourth-order valence-electron chi connectivity index (χ4n) is 5.32. The number of hydrogen-bond donors (Lipinski definition) is 1. The lowest BCUT2D eigenvalue weighted by Crippen LogP contribution is -2.35. The van der Waals surface area contributed by atoms with Crippen molar-refractivity contribution in [1.82, 2.24) is 14.2 Å². The van der Waals surface area contributed by atoms with Gasteiger partial charge in [0.25, 0.3) is 5.91 Å². The maximum Gasteiger partial charge on any atom is 0.410 e. The zero-order valence-electron chi connectivity index (χ0n) is 24.9. The Bertz CT molecular complexity index is 1920. The van der Waals surface area contributed by atoms with Gasteiger partial charge in [0.2, 0.25) is 10.0 Å². The van der Waals surface area contributed by atoms with E-state index in [1.54, 1.807) is 30.1 Å². The van der Waals surface area contributed by atoms with Crippen LogP contribution in [-0.2, 0) is 34.3 Å². The third kappa shape index (κ3) is 6.36. The van der Waals surface area contributed by atoms with Crippen LogP contribution >= 0.6 is 22.7 Å². The van der Waals surface area contributed by atoms with Gasteiger partial charge in [-0.05, 0) is 60.9 Å². The van der Waals surface area contributed by atoms with Crippen LogP contribution in [0.1, 0.15) is 40.2 Å². The number of ether oxygens (including phenoxy) is 1. The van der Waals surface area contributed by atoms with E-state index in [0.717, 1.165) is 36.8 Å². The van der Waals surface area contributed by atoms with E-state index in [-0.39, 0.29) is 23.4 Å². The van der Waals surface area contributed by atoms with E-state index in [4.69, 9.17) is 9.72 Å². The molecule has 3 aromatic carbocycles. The largest absolute Gasteiger partial charge is 0.450 e. The van der Waals surface area contributed by atoms with Crippen molar-refractivity contribution in [2.45, 2.75) is 38.3 Å². The predicted octanol–water partition coefficient (Wildman–Crippen LogP) is 7.00. The minimum absolute atomic E-state index is 0.123. The number of nitrogens with zero attached hydrogens (tertiary/aromatic N) is 3. The Morgan fingerprint density at radius 2 is 1.71 bits per heavy atom. The molecule has 6 rings (SSSR count). The van der Waals surface area contributed by atoms with Gasteiger partial charge in [0.05, 0.1) is 28.3 Å². The average molecular weight is 661 g/mol. The Morgan fingerprint density at radius 1 is 0.978 bits per heavy atom. The van der Waals surface area contributed by atoms with Gasteiger partial charge < -0.3 is 15.0 Å². The van der Waals surface area contributed by atoms with Gasteiger partial charge in [0.1, 0.15) is 10.0 Å². The zero-order chi connectivity index (χ0) is 31.6. The molecule has 3 heterocycles. The molecular formula is C33H32N4O5S3. The summed E-state index contributed by atoms with van der Waals surface area (Å²) in [6, 6.07) is 23.4. The van der Waals surface area contributed by atoms with E-state index in [1.165, 1.54) is 39.9 Å². The monoisotopic (exact) mass is 660 g/mol. The van der Waals surface area contributed by atoms with Gasteiger partial charge in [-0.3, -0.25) is 4.79 Å². The first-order valence-corrected chi connectivity index (χ1v) is 17.7. The number of sulfonamides is 1. The van der Waals surface area contributed by atoms with Crippen LogP contribution in [0.2, 0.25) is 0 Å². The molecule has 0 bridgehead atoms. The maximum absolute atomic E-state index is 13.6. The normalized spacial score (nSPS) is 13.2. The van der Waals surface area contributed by atoms with E-state index in [0.29, 0.717) is 43.2 Å². The van der Waals surface area contributed by atoms with Crippen molar-refractivity contribution in [3.05, 3.63) is 100 Å². The van der Waals surface area contributed by atoms with Gasteiger partial charge in [-0.1, -0.05) is 49.4 Å². The quantitative estimate of drug-likeness (QED) is 0.182. The summed E-state index contributed by atoms with van der Waals surface area (Å²) in [6.45, 7) is 5.34. The van der Waals surface area contributed by atoms with E-state index >= 15 is 0 Å². The van der Waals surface area contributed by atoms with Crippen molar-refractivity contribution in [3.8, 4) is 10.6 Å². The number of anilines is 1. The van der Waals surface area contributed by atoms with Crippen LogP contribution in [0.15, 0.2) is 83.8 Å². The number of fused-ring (bicyclic) bond motifs is 2. The molecule has 2 amide bonds. The molecule has 0 atom stereocenters. The Hall–Kier alpha value is -4.10. The van der Waals surface area contributed by atoms with Crippen LogP contribution in [0.3, 0.4) is 0 Å². The van der Waals surface area contributed by atoms with Gasteiger partial charge in [-0.15, -0.1) is 22.7 Å². The van der Waals surface area contributed by atoms with Gasteiger partial charge >= 0.3 is 6.09 Å². The number of benzene rings is 3. The lowest BCUT2D eigenvalue weighted by molar-refractivity contribution is 0.102. The lowest BCUT2D eigenvalue weighted by Gasteiger charge is -2.26. The number of rotatable bonds is 9. The van der Waals surface area contributed by atoms with Gasteiger partial charge in [0, 0.05) is 35.6 Å². The summed E-state index contributed by atoms with van der Waals surface area (Å²) in [6.07, 6.45) is 0.249. The highest BCUT2D eigenvalue weighted by Gasteiger charge is 2.30. The number of aromatic nitrogens is 1.